The van der Waals surface area contributed by atoms with E-state index in [0.717, 1.165) is 10.6 Å². The van der Waals surface area contributed by atoms with Crippen molar-refractivity contribution in [2.45, 2.75) is 5.37 Å². The average Bonchev–Trinajstić information content (AvgIpc) is 2.49. The van der Waals surface area contributed by atoms with Crippen molar-refractivity contribution in [2.24, 2.45) is 0 Å². The Bertz CT molecular complexity index is 315. The standard InChI is InChI=1S/C9H9NO2S/c11-8-6-13-9(10(8)12)7-4-2-1-3-5-7/h1-5,9,12H,6H2/t9-/m1/s1. The molecule has 0 spiro atoms. The van der Waals surface area contributed by atoms with Crippen molar-refractivity contribution in [3.63, 3.8) is 0 Å². The third kappa shape index (κ3) is 1.55. The van der Waals surface area contributed by atoms with Gasteiger partial charge in [-0.05, 0) is 5.56 Å². The number of thioether (sulfide) groups is 1. The fraction of sp³-hybridized carbons (Fsp3) is 0.222. The van der Waals surface area contributed by atoms with Crippen LogP contribution in [0.2, 0.25) is 0 Å². The van der Waals surface area contributed by atoms with E-state index in [1.165, 1.54) is 11.8 Å². The summed E-state index contributed by atoms with van der Waals surface area (Å²) in [5, 5.41) is 9.95. The van der Waals surface area contributed by atoms with Gasteiger partial charge in [-0.15, -0.1) is 11.8 Å². The topological polar surface area (TPSA) is 40.5 Å². The van der Waals surface area contributed by atoms with Gasteiger partial charge in [0.25, 0.3) is 5.91 Å². The van der Waals surface area contributed by atoms with E-state index in [-0.39, 0.29) is 11.3 Å². The molecular formula is C9H9NO2S. The first-order valence-corrected chi connectivity index (χ1v) is 5.01. The van der Waals surface area contributed by atoms with E-state index in [1.54, 1.807) is 0 Å². The predicted molar refractivity (Wildman–Crippen MR) is 50.3 cm³/mol. The second kappa shape index (κ2) is 3.40. The Kier molecular flexibility index (Phi) is 2.24. The maximum absolute atomic E-state index is 11.0. The Hall–Kier alpha value is -1.00. The quantitative estimate of drug-likeness (QED) is 0.693. The molecule has 0 radical (unpaired) electrons. The third-order valence-corrected chi connectivity index (χ3v) is 3.13. The van der Waals surface area contributed by atoms with Gasteiger partial charge in [0.15, 0.2) is 0 Å². The third-order valence-electron chi connectivity index (χ3n) is 1.93. The zero-order valence-corrected chi connectivity index (χ0v) is 7.70. The van der Waals surface area contributed by atoms with Gasteiger partial charge in [-0.2, -0.15) is 0 Å². The summed E-state index contributed by atoms with van der Waals surface area (Å²) in [6, 6.07) is 9.50. The minimum Gasteiger partial charge on any atom is -0.284 e. The molecular weight excluding hydrogens is 186 g/mol. The molecule has 0 aromatic heterocycles. The fourth-order valence-electron chi connectivity index (χ4n) is 1.27. The van der Waals surface area contributed by atoms with Crippen molar-refractivity contribution in [1.29, 1.82) is 0 Å². The number of hydrogen-bond acceptors (Lipinski definition) is 3. The Labute approximate surface area is 80.3 Å². The number of rotatable bonds is 1. The monoisotopic (exact) mass is 195 g/mol. The molecule has 1 amide bonds. The Morgan fingerprint density at radius 1 is 1.38 bits per heavy atom. The Morgan fingerprint density at radius 2 is 2.08 bits per heavy atom. The SMILES string of the molecule is O=C1CS[C@H](c2ccccc2)N1O. The van der Waals surface area contributed by atoms with Crippen molar-refractivity contribution in [3.05, 3.63) is 35.9 Å². The van der Waals surface area contributed by atoms with Crippen molar-refractivity contribution in [3.8, 4) is 0 Å². The van der Waals surface area contributed by atoms with Crippen LogP contribution in [0.1, 0.15) is 10.9 Å². The Balaban J connectivity index is 2.24. The first-order chi connectivity index (χ1) is 6.29. The highest BCUT2D eigenvalue weighted by molar-refractivity contribution is 8.00. The van der Waals surface area contributed by atoms with Gasteiger partial charge in [0, 0.05) is 0 Å². The molecule has 3 nitrogen and oxygen atoms in total. The van der Waals surface area contributed by atoms with Crippen LogP contribution >= 0.6 is 11.8 Å². The van der Waals surface area contributed by atoms with Gasteiger partial charge in [-0.3, -0.25) is 10.0 Å². The van der Waals surface area contributed by atoms with Crippen LogP contribution in [0, 0.1) is 0 Å². The average molecular weight is 195 g/mol. The molecule has 0 saturated carbocycles. The van der Waals surface area contributed by atoms with Gasteiger partial charge in [-0.1, -0.05) is 30.3 Å². The molecule has 1 aliphatic heterocycles. The van der Waals surface area contributed by atoms with E-state index in [2.05, 4.69) is 0 Å². The normalized spacial score (nSPS) is 22.4. The minimum atomic E-state index is -0.228. The molecule has 1 N–H and O–H groups in total. The first-order valence-electron chi connectivity index (χ1n) is 3.96. The van der Waals surface area contributed by atoms with E-state index < -0.39 is 0 Å². The van der Waals surface area contributed by atoms with Crippen LogP contribution < -0.4 is 0 Å². The number of hydrogen-bond donors (Lipinski definition) is 1. The molecule has 4 heteroatoms. The molecule has 0 aliphatic carbocycles. The summed E-state index contributed by atoms with van der Waals surface area (Å²) < 4.78 is 0. The molecule has 68 valence electrons. The fourth-order valence-corrected chi connectivity index (χ4v) is 2.31. The molecule has 1 heterocycles. The van der Waals surface area contributed by atoms with E-state index in [0.29, 0.717) is 5.75 Å². The molecule has 2 rings (SSSR count). The van der Waals surface area contributed by atoms with Crippen LogP contribution in [-0.2, 0) is 4.79 Å². The molecule has 13 heavy (non-hydrogen) atoms. The maximum Gasteiger partial charge on any atom is 0.257 e. The molecule has 1 saturated heterocycles. The summed E-state index contributed by atoms with van der Waals surface area (Å²) in [5.74, 6) is 0.134. The molecule has 1 atom stereocenters. The molecule has 0 unspecified atom stereocenters. The lowest BCUT2D eigenvalue weighted by Gasteiger charge is -2.16. The van der Waals surface area contributed by atoms with E-state index >= 15 is 0 Å². The minimum absolute atomic E-state index is 0.223. The van der Waals surface area contributed by atoms with Crippen molar-refractivity contribution in [2.75, 3.05) is 5.75 Å². The highest BCUT2D eigenvalue weighted by atomic mass is 32.2. The van der Waals surface area contributed by atoms with Crippen LogP contribution in [0.15, 0.2) is 30.3 Å². The summed E-state index contributed by atoms with van der Waals surface area (Å²) in [4.78, 5) is 11.0. The summed E-state index contributed by atoms with van der Waals surface area (Å²) in [5.41, 5.74) is 0.959. The molecule has 1 fully saturated rings. The van der Waals surface area contributed by atoms with E-state index in [1.807, 2.05) is 30.3 Å². The van der Waals surface area contributed by atoms with Gasteiger partial charge in [0.1, 0.15) is 5.37 Å². The lowest BCUT2D eigenvalue weighted by Crippen LogP contribution is -2.23. The van der Waals surface area contributed by atoms with Crippen molar-refractivity contribution < 1.29 is 10.0 Å². The smallest absolute Gasteiger partial charge is 0.257 e. The highest BCUT2D eigenvalue weighted by Gasteiger charge is 2.31. The molecule has 1 aromatic carbocycles. The number of benzene rings is 1. The number of amides is 1. The number of carbonyl (C=O) groups excluding carboxylic acids is 1. The van der Waals surface area contributed by atoms with Gasteiger partial charge >= 0.3 is 0 Å². The van der Waals surface area contributed by atoms with Crippen LogP contribution in [0.5, 0.6) is 0 Å². The predicted octanol–water partition coefficient (Wildman–Crippen LogP) is 1.65. The Morgan fingerprint density at radius 3 is 2.62 bits per heavy atom. The van der Waals surface area contributed by atoms with Gasteiger partial charge in [-0.25, -0.2) is 5.06 Å². The summed E-state index contributed by atoms with van der Waals surface area (Å²) in [6.07, 6.45) is 0. The first kappa shape index (κ1) is 8.59. The number of hydroxylamine groups is 2. The lowest BCUT2D eigenvalue weighted by molar-refractivity contribution is -0.162. The lowest BCUT2D eigenvalue weighted by atomic mass is 10.2. The van der Waals surface area contributed by atoms with E-state index in [9.17, 15) is 10.0 Å². The van der Waals surface area contributed by atoms with Crippen LogP contribution in [-0.4, -0.2) is 21.9 Å². The van der Waals surface area contributed by atoms with Crippen molar-refractivity contribution >= 4 is 17.7 Å². The number of carbonyl (C=O) groups is 1. The van der Waals surface area contributed by atoms with Crippen molar-refractivity contribution in [1.82, 2.24) is 5.06 Å². The number of nitrogens with zero attached hydrogens (tertiary/aromatic N) is 1. The van der Waals surface area contributed by atoms with Gasteiger partial charge in [0.05, 0.1) is 5.75 Å². The van der Waals surface area contributed by atoms with Gasteiger partial charge < -0.3 is 0 Å². The second-order valence-corrected chi connectivity index (χ2v) is 3.88. The zero-order chi connectivity index (χ0) is 9.26. The largest absolute Gasteiger partial charge is 0.284 e. The summed E-state index contributed by atoms with van der Waals surface area (Å²) in [6.45, 7) is 0. The van der Waals surface area contributed by atoms with Crippen LogP contribution in [0.3, 0.4) is 0 Å². The molecule has 1 aliphatic rings. The zero-order valence-electron chi connectivity index (χ0n) is 6.88. The summed E-state index contributed by atoms with van der Waals surface area (Å²) in [7, 11) is 0. The summed E-state index contributed by atoms with van der Waals surface area (Å²) >= 11 is 1.44. The van der Waals surface area contributed by atoms with Gasteiger partial charge in [0.2, 0.25) is 0 Å². The van der Waals surface area contributed by atoms with E-state index in [4.69, 9.17) is 0 Å². The highest BCUT2D eigenvalue weighted by Crippen LogP contribution is 2.36. The van der Waals surface area contributed by atoms with Crippen LogP contribution in [0.4, 0.5) is 0 Å². The second-order valence-electron chi connectivity index (χ2n) is 2.81. The molecule has 0 bridgehead atoms. The maximum atomic E-state index is 11.0. The molecule has 1 aromatic rings. The van der Waals surface area contributed by atoms with Crippen LogP contribution in [0.25, 0.3) is 0 Å².